The molecule has 1 aromatic heterocycles. The standard InChI is InChI=1S/C25H27ClN4O2/c1-14-6-10-20(12-22(14)26)30-17(4)21(16(3)29-30)13-24(31)28-23-11-18(7-5-15(23)2)25(32)27-19-8-9-19/h5-7,10-12,19H,8-9,13H2,1-4H3,(H,27,32)(H,28,31). The van der Waals surface area contributed by atoms with Crippen LogP contribution in [-0.4, -0.2) is 27.6 Å². The molecule has 6 nitrogen and oxygen atoms in total. The van der Waals surface area contributed by atoms with Gasteiger partial charge < -0.3 is 10.6 Å². The Morgan fingerprint density at radius 1 is 1.06 bits per heavy atom. The van der Waals surface area contributed by atoms with Crippen LogP contribution in [-0.2, 0) is 11.2 Å². The first-order valence-corrected chi connectivity index (χ1v) is 11.1. The van der Waals surface area contributed by atoms with E-state index in [2.05, 4.69) is 15.7 Å². The zero-order valence-corrected chi connectivity index (χ0v) is 19.5. The molecule has 1 saturated carbocycles. The van der Waals surface area contributed by atoms with E-state index in [0.717, 1.165) is 46.6 Å². The van der Waals surface area contributed by atoms with Crippen molar-refractivity contribution in [2.24, 2.45) is 0 Å². The molecule has 2 aromatic carbocycles. The Bertz CT molecular complexity index is 1210. The molecule has 0 aliphatic heterocycles. The highest BCUT2D eigenvalue weighted by atomic mass is 35.5. The molecule has 0 saturated heterocycles. The minimum atomic E-state index is -0.152. The lowest BCUT2D eigenvalue weighted by Crippen LogP contribution is -2.25. The number of anilines is 1. The van der Waals surface area contributed by atoms with Gasteiger partial charge in [-0.2, -0.15) is 5.10 Å². The fourth-order valence-electron chi connectivity index (χ4n) is 3.64. The summed E-state index contributed by atoms with van der Waals surface area (Å²) in [6, 6.07) is 11.5. The van der Waals surface area contributed by atoms with Crippen LogP contribution in [0.3, 0.4) is 0 Å². The Kier molecular flexibility index (Phi) is 6.07. The molecule has 0 spiro atoms. The number of carbonyl (C=O) groups excluding carboxylic acids is 2. The van der Waals surface area contributed by atoms with E-state index in [1.165, 1.54) is 0 Å². The molecule has 0 unspecified atom stereocenters. The van der Waals surface area contributed by atoms with Gasteiger partial charge in [0.15, 0.2) is 0 Å². The largest absolute Gasteiger partial charge is 0.349 e. The van der Waals surface area contributed by atoms with Crippen molar-refractivity contribution >= 4 is 29.1 Å². The predicted octanol–water partition coefficient (Wildman–Crippen LogP) is 4.83. The van der Waals surface area contributed by atoms with E-state index in [4.69, 9.17) is 11.6 Å². The second kappa shape index (κ2) is 8.79. The van der Waals surface area contributed by atoms with Crippen molar-refractivity contribution in [1.29, 1.82) is 0 Å². The van der Waals surface area contributed by atoms with Gasteiger partial charge in [-0.3, -0.25) is 9.59 Å². The van der Waals surface area contributed by atoms with Crippen LogP contribution in [0.4, 0.5) is 5.69 Å². The summed E-state index contributed by atoms with van der Waals surface area (Å²) in [6.07, 6.45) is 2.25. The first kappa shape index (κ1) is 22.1. The lowest BCUT2D eigenvalue weighted by atomic mass is 10.1. The number of halogens is 1. The van der Waals surface area contributed by atoms with Crippen LogP contribution in [0.25, 0.3) is 5.69 Å². The van der Waals surface area contributed by atoms with Crippen molar-refractivity contribution < 1.29 is 9.59 Å². The van der Waals surface area contributed by atoms with E-state index in [1.54, 1.807) is 12.1 Å². The van der Waals surface area contributed by atoms with Gasteiger partial charge >= 0.3 is 0 Å². The number of nitrogens with zero attached hydrogens (tertiary/aromatic N) is 2. The van der Waals surface area contributed by atoms with Crippen LogP contribution in [0.15, 0.2) is 36.4 Å². The van der Waals surface area contributed by atoms with Gasteiger partial charge in [-0.15, -0.1) is 0 Å². The molecular formula is C25H27ClN4O2. The number of rotatable bonds is 6. The number of hydrogen-bond acceptors (Lipinski definition) is 3. The Morgan fingerprint density at radius 2 is 1.78 bits per heavy atom. The molecule has 2 amide bonds. The van der Waals surface area contributed by atoms with Crippen molar-refractivity contribution in [2.75, 3.05) is 5.32 Å². The molecule has 32 heavy (non-hydrogen) atoms. The molecule has 1 fully saturated rings. The molecular weight excluding hydrogens is 424 g/mol. The normalized spacial score (nSPS) is 13.2. The van der Waals surface area contributed by atoms with E-state index in [0.29, 0.717) is 16.3 Å². The van der Waals surface area contributed by atoms with Crippen LogP contribution >= 0.6 is 11.6 Å². The number of nitrogens with one attached hydrogen (secondary N) is 2. The maximum atomic E-state index is 12.9. The molecule has 1 heterocycles. The first-order chi connectivity index (χ1) is 15.2. The minimum absolute atomic E-state index is 0.104. The van der Waals surface area contributed by atoms with Crippen molar-refractivity contribution in [3.8, 4) is 5.69 Å². The van der Waals surface area contributed by atoms with E-state index in [9.17, 15) is 9.59 Å². The summed E-state index contributed by atoms with van der Waals surface area (Å²) < 4.78 is 1.82. The van der Waals surface area contributed by atoms with E-state index in [1.807, 2.05) is 56.6 Å². The van der Waals surface area contributed by atoms with Gasteiger partial charge in [-0.1, -0.05) is 23.7 Å². The average molecular weight is 451 g/mol. The number of aryl methyl sites for hydroxylation is 3. The second-order valence-corrected chi connectivity index (χ2v) is 8.90. The summed E-state index contributed by atoms with van der Waals surface area (Å²) in [4.78, 5) is 25.2. The van der Waals surface area contributed by atoms with Crippen LogP contribution in [0, 0.1) is 27.7 Å². The predicted molar refractivity (Wildman–Crippen MR) is 127 cm³/mol. The maximum Gasteiger partial charge on any atom is 0.251 e. The first-order valence-electron chi connectivity index (χ1n) is 10.8. The average Bonchev–Trinajstić information content (AvgIpc) is 3.52. The molecule has 2 N–H and O–H groups in total. The number of hydrogen-bond donors (Lipinski definition) is 2. The summed E-state index contributed by atoms with van der Waals surface area (Å²) in [5, 5.41) is 11.2. The monoisotopic (exact) mass is 450 g/mol. The van der Waals surface area contributed by atoms with Crippen molar-refractivity contribution in [3.63, 3.8) is 0 Å². The molecule has 1 aliphatic rings. The highest BCUT2D eigenvalue weighted by Crippen LogP contribution is 2.24. The Morgan fingerprint density at radius 3 is 2.47 bits per heavy atom. The molecule has 1 aliphatic carbocycles. The third-order valence-electron chi connectivity index (χ3n) is 5.86. The third-order valence-corrected chi connectivity index (χ3v) is 6.27. The summed E-state index contributed by atoms with van der Waals surface area (Å²) >= 11 is 6.28. The van der Waals surface area contributed by atoms with Crippen molar-refractivity contribution in [2.45, 2.75) is 53.0 Å². The quantitative estimate of drug-likeness (QED) is 0.564. The highest BCUT2D eigenvalue weighted by Gasteiger charge is 2.24. The maximum absolute atomic E-state index is 12.9. The lowest BCUT2D eigenvalue weighted by Gasteiger charge is -2.11. The zero-order chi connectivity index (χ0) is 23.0. The minimum Gasteiger partial charge on any atom is -0.349 e. The fraction of sp³-hybridized carbons (Fsp3) is 0.320. The van der Waals surface area contributed by atoms with E-state index < -0.39 is 0 Å². The molecule has 4 rings (SSSR count). The number of benzene rings is 2. The van der Waals surface area contributed by atoms with Crippen LogP contribution in [0.1, 0.15) is 51.3 Å². The number of amides is 2. The van der Waals surface area contributed by atoms with Crippen LogP contribution in [0.5, 0.6) is 0 Å². The molecule has 0 atom stereocenters. The molecule has 0 radical (unpaired) electrons. The highest BCUT2D eigenvalue weighted by molar-refractivity contribution is 6.31. The van der Waals surface area contributed by atoms with Gasteiger partial charge in [0.25, 0.3) is 5.91 Å². The smallest absolute Gasteiger partial charge is 0.251 e. The molecule has 3 aromatic rings. The summed E-state index contributed by atoms with van der Waals surface area (Å²) in [5.41, 5.74) is 6.52. The van der Waals surface area contributed by atoms with Gasteiger partial charge in [-0.25, -0.2) is 4.68 Å². The van der Waals surface area contributed by atoms with Crippen LogP contribution < -0.4 is 10.6 Å². The fourth-order valence-corrected chi connectivity index (χ4v) is 3.82. The lowest BCUT2D eigenvalue weighted by molar-refractivity contribution is -0.115. The van der Waals surface area contributed by atoms with E-state index >= 15 is 0 Å². The SMILES string of the molecule is Cc1ccc(-n2nc(C)c(CC(=O)Nc3cc(C(=O)NC4CC4)ccc3C)c2C)cc1Cl. The van der Waals surface area contributed by atoms with E-state index in [-0.39, 0.29) is 24.3 Å². The number of aromatic nitrogens is 2. The summed E-state index contributed by atoms with van der Waals surface area (Å²) in [7, 11) is 0. The van der Waals surface area contributed by atoms with Gasteiger partial charge in [0.1, 0.15) is 0 Å². The van der Waals surface area contributed by atoms with Crippen molar-refractivity contribution in [3.05, 3.63) is 75.1 Å². The Balaban J connectivity index is 1.51. The van der Waals surface area contributed by atoms with Gasteiger partial charge in [0.2, 0.25) is 5.91 Å². The van der Waals surface area contributed by atoms with Gasteiger partial charge in [0, 0.05) is 33.6 Å². The molecule has 0 bridgehead atoms. The van der Waals surface area contributed by atoms with Gasteiger partial charge in [0.05, 0.1) is 17.8 Å². The third kappa shape index (κ3) is 4.70. The summed E-state index contributed by atoms with van der Waals surface area (Å²) in [5.74, 6) is -0.256. The van der Waals surface area contributed by atoms with Crippen LogP contribution in [0.2, 0.25) is 5.02 Å². The second-order valence-electron chi connectivity index (χ2n) is 8.50. The number of carbonyl (C=O) groups is 2. The topological polar surface area (TPSA) is 76.0 Å². The van der Waals surface area contributed by atoms with Crippen molar-refractivity contribution in [1.82, 2.24) is 15.1 Å². The Hall–Kier alpha value is -3.12. The zero-order valence-electron chi connectivity index (χ0n) is 18.8. The summed E-state index contributed by atoms with van der Waals surface area (Å²) in [6.45, 7) is 7.71. The molecule has 7 heteroatoms. The molecule has 166 valence electrons. The van der Waals surface area contributed by atoms with Gasteiger partial charge in [-0.05, 0) is 75.9 Å². The Labute approximate surface area is 193 Å².